The molecular formula is C22H17FN6O2. The molecule has 3 aromatic heterocycles. The van der Waals surface area contributed by atoms with Crippen LogP contribution < -0.4 is 10.4 Å². The second-order valence-corrected chi connectivity index (χ2v) is 6.89. The van der Waals surface area contributed by atoms with E-state index in [0.29, 0.717) is 16.8 Å². The van der Waals surface area contributed by atoms with Gasteiger partial charge >= 0.3 is 11.7 Å². The average molecular weight is 416 g/mol. The van der Waals surface area contributed by atoms with Crippen LogP contribution in [-0.2, 0) is 6.54 Å². The zero-order valence-corrected chi connectivity index (χ0v) is 16.5. The van der Waals surface area contributed by atoms with E-state index in [1.807, 2.05) is 30.5 Å². The lowest BCUT2D eigenvalue weighted by molar-refractivity contribution is 0.357. The molecule has 0 aliphatic heterocycles. The summed E-state index contributed by atoms with van der Waals surface area (Å²) in [6.07, 6.45) is 5.22. The van der Waals surface area contributed by atoms with E-state index in [4.69, 9.17) is 4.74 Å². The summed E-state index contributed by atoms with van der Waals surface area (Å²) in [7, 11) is 1.44. The molecule has 0 aliphatic rings. The molecule has 0 saturated carbocycles. The molecule has 154 valence electrons. The Hall–Kier alpha value is -4.27. The van der Waals surface area contributed by atoms with Gasteiger partial charge in [0.1, 0.15) is 5.82 Å². The molecule has 0 bridgehead atoms. The number of rotatable bonds is 5. The molecule has 0 unspecified atom stereocenters. The van der Waals surface area contributed by atoms with Crippen LogP contribution >= 0.6 is 0 Å². The summed E-state index contributed by atoms with van der Waals surface area (Å²) >= 11 is 0. The fraction of sp³-hybridized carbons (Fsp3) is 0.0909. The number of pyridine rings is 1. The van der Waals surface area contributed by atoms with Crippen molar-refractivity contribution in [2.75, 3.05) is 7.11 Å². The maximum Gasteiger partial charge on any atom is 0.353 e. The molecule has 0 aliphatic carbocycles. The van der Waals surface area contributed by atoms with E-state index >= 15 is 0 Å². The van der Waals surface area contributed by atoms with E-state index in [1.54, 1.807) is 35.3 Å². The van der Waals surface area contributed by atoms with Crippen LogP contribution in [0.5, 0.6) is 6.01 Å². The van der Waals surface area contributed by atoms with E-state index in [9.17, 15) is 9.18 Å². The molecule has 0 spiro atoms. The van der Waals surface area contributed by atoms with Crippen LogP contribution in [-0.4, -0.2) is 36.2 Å². The molecule has 5 rings (SSSR count). The Morgan fingerprint density at radius 1 is 1.06 bits per heavy atom. The molecule has 2 aromatic carbocycles. The van der Waals surface area contributed by atoms with Gasteiger partial charge in [-0.3, -0.25) is 4.98 Å². The van der Waals surface area contributed by atoms with Gasteiger partial charge in [-0.1, -0.05) is 18.2 Å². The summed E-state index contributed by atoms with van der Waals surface area (Å²) in [5, 5.41) is 9.67. The number of halogens is 1. The van der Waals surface area contributed by atoms with Gasteiger partial charge in [0.2, 0.25) is 0 Å². The number of methoxy groups -OCH3 is 1. The number of nitrogens with zero attached hydrogens (tertiary/aromatic N) is 6. The van der Waals surface area contributed by atoms with Gasteiger partial charge in [0.15, 0.2) is 0 Å². The number of hydrogen-bond donors (Lipinski definition) is 0. The third-order valence-electron chi connectivity index (χ3n) is 4.91. The van der Waals surface area contributed by atoms with Gasteiger partial charge < -0.3 is 4.74 Å². The Kier molecular flexibility index (Phi) is 4.55. The van der Waals surface area contributed by atoms with Gasteiger partial charge in [-0.05, 0) is 42.0 Å². The summed E-state index contributed by atoms with van der Waals surface area (Å²) in [6.45, 7) is 0.130. The van der Waals surface area contributed by atoms with Crippen molar-refractivity contribution in [2.45, 2.75) is 6.54 Å². The zero-order valence-electron chi connectivity index (χ0n) is 16.5. The van der Waals surface area contributed by atoms with Crippen molar-refractivity contribution >= 4 is 10.9 Å². The molecule has 8 nitrogen and oxygen atoms in total. The molecule has 0 radical (unpaired) electrons. The van der Waals surface area contributed by atoms with Gasteiger partial charge in [-0.15, -0.1) is 5.10 Å². The highest BCUT2D eigenvalue weighted by Gasteiger charge is 2.18. The molecule has 0 N–H and O–H groups in total. The normalized spacial score (nSPS) is 11.2. The van der Waals surface area contributed by atoms with Crippen molar-refractivity contribution in [1.82, 2.24) is 29.1 Å². The number of aromatic nitrogens is 6. The van der Waals surface area contributed by atoms with E-state index in [1.165, 1.54) is 28.5 Å². The first-order chi connectivity index (χ1) is 15.1. The second-order valence-electron chi connectivity index (χ2n) is 6.89. The van der Waals surface area contributed by atoms with Crippen molar-refractivity contribution in [3.8, 4) is 17.4 Å². The largest absolute Gasteiger partial charge is 0.467 e. The number of ether oxygens (including phenoxy) is 1. The first-order valence-electron chi connectivity index (χ1n) is 9.51. The Morgan fingerprint density at radius 3 is 2.71 bits per heavy atom. The molecule has 31 heavy (non-hydrogen) atoms. The molecule has 5 aromatic rings. The Bertz CT molecular complexity index is 1440. The van der Waals surface area contributed by atoms with Crippen LogP contribution in [0.2, 0.25) is 0 Å². The van der Waals surface area contributed by atoms with Crippen molar-refractivity contribution in [3.63, 3.8) is 0 Å². The zero-order chi connectivity index (χ0) is 21.4. The maximum absolute atomic E-state index is 13.6. The lowest BCUT2D eigenvalue weighted by Crippen LogP contribution is -2.24. The Morgan fingerprint density at radius 2 is 1.94 bits per heavy atom. The predicted octanol–water partition coefficient (Wildman–Crippen LogP) is 2.96. The van der Waals surface area contributed by atoms with Crippen molar-refractivity contribution in [3.05, 3.63) is 95.1 Å². The van der Waals surface area contributed by atoms with Gasteiger partial charge in [-0.25, -0.2) is 18.4 Å². The second kappa shape index (κ2) is 7.52. The van der Waals surface area contributed by atoms with E-state index < -0.39 is 5.69 Å². The van der Waals surface area contributed by atoms with E-state index in [-0.39, 0.29) is 18.4 Å². The van der Waals surface area contributed by atoms with Crippen LogP contribution in [0.3, 0.4) is 0 Å². The molecule has 0 saturated heterocycles. The highest BCUT2D eigenvalue weighted by atomic mass is 19.1. The summed E-state index contributed by atoms with van der Waals surface area (Å²) in [4.78, 5) is 17.3. The average Bonchev–Trinajstić information content (AvgIpc) is 3.36. The molecule has 9 heteroatoms. The molecular weight excluding hydrogens is 399 g/mol. The highest BCUT2D eigenvalue weighted by molar-refractivity contribution is 5.87. The third-order valence-corrected chi connectivity index (χ3v) is 4.91. The quantitative estimate of drug-likeness (QED) is 0.440. The molecule has 0 atom stereocenters. The minimum Gasteiger partial charge on any atom is -0.467 e. The van der Waals surface area contributed by atoms with Gasteiger partial charge in [0.05, 0.1) is 36.7 Å². The van der Waals surface area contributed by atoms with E-state index in [2.05, 4.69) is 15.2 Å². The predicted molar refractivity (Wildman–Crippen MR) is 112 cm³/mol. The van der Waals surface area contributed by atoms with Crippen LogP contribution in [0.1, 0.15) is 5.56 Å². The number of hydrogen-bond acceptors (Lipinski definition) is 5. The van der Waals surface area contributed by atoms with Crippen LogP contribution in [0, 0.1) is 5.82 Å². The summed E-state index contributed by atoms with van der Waals surface area (Å²) in [5.41, 5.74) is 2.29. The van der Waals surface area contributed by atoms with Crippen LogP contribution in [0.25, 0.3) is 22.3 Å². The van der Waals surface area contributed by atoms with Gasteiger partial charge in [0.25, 0.3) is 0 Å². The SMILES string of the molecule is COc1nn(-c2cccc3nn(-c4cccnc4)cc23)c(=O)n1Cc1cccc(F)c1. The molecule has 3 heterocycles. The number of fused-ring (bicyclic) bond motifs is 1. The Labute approximate surface area is 175 Å². The van der Waals surface area contributed by atoms with Gasteiger partial charge in [-0.2, -0.15) is 9.78 Å². The minimum atomic E-state index is -0.400. The summed E-state index contributed by atoms with van der Waals surface area (Å²) < 4.78 is 23.2. The van der Waals surface area contributed by atoms with Gasteiger partial charge in [0, 0.05) is 17.8 Å². The maximum atomic E-state index is 13.6. The first kappa shape index (κ1) is 18.7. The standard InChI is InChI=1S/C22H17FN6O2/c1-31-21-26-29(22(30)27(21)13-15-5-2-6-16(23)11-15)20-9-3-8-19-18(20)14-28(25-19)17-7-4-10-24-12-17/h2-12,14H,13H2,1H3. The smallest absolute Gasteiger partial charge is 0.353 e. The fourth-order valence-electron chi connectivity index (χ4n) is 3.47. The van der Waals surface area contributed by atoms with Crippen LogP contribution in [0.15, 0.2) is 78.0 Å². The van der Waals surface area contributed by atoms with E-state index in [0.717, 1.165) is 11.1 Å². The monoisotopic (exact) mass is 416 g/mol. The number of benzene rings is 2. The minimum absolute atomic E-state index is 0.130. The topological polar surface area (TPSA) is 79.8 Å². The highest BCUT2D eigenvalue weighted by Crippen LogP contribution is 2.22. The first-order valence-corrected chi connectivity index (χ1v) is 9.51. The molecule has 0 fully saturated rings. The lowest BCUT2D eigenvalue weighted by Gasteiger charge is -2.04. The summed E-state index contributed by atoms with van der Waals surface area (Å²) in [6, 6.07) is 15.4. The summed E-state index contributed by atoms with van der Waals surface area (Å²) in [5.74, 6) is -0.371. The third kappa shape index (κ3) is 3.35. The fourth-order valence-corrected chi connectivity index (χ4v) is 3.47. The van der Waals surface area contributed by atoms with Crippen molar-refractivity contribution in [2.24, 2.45) is 0 Å². The van der Waals surface area contributed by atoms with Crippen molar-refractivity contribution in [1.29, 1.82) is 0 Å². The van der Waals surface area contributed by atoms with Crippen molar-refractivity contribution < 1.29 is 9.13 Å². The lowest BCUT2D eigenvalue weighted by atomic mass is 10.2. The molecule has 0 amide bonds. The Balaban J connectivity index is 1.63. The van der Waals surface area contributed by atoms with Crippen LogP contribution in [0.4, 0.5) is 4.39 Å².